The number of fused-ring (bicyclic) bond motifs is 1. The van der Waals surface area contributed by atoms with Gasteiger partial charge < -0.3 is 19.9 Å². The van der Waals surface area contributed by atoms with Gasteiger partial charge in [0.25, 0.3) is 0 Å². The first-order valence-corrected chi connectivity index (χ1v) is 10.5. The topological polar surface area (TPSA) is 88.1 Å². The smallest absolute Gasteiger partial charge is 0.410 e. The van der Waals surface area contributed by atoms with Gasteiger partial charge in [0.2, 0.25) is 0 Å². The van der Waals surface area contributed by atoms with Crippen molar-refractivity contribution in [2.24, 2.45) is 7.05 Å². The van der Waals surface area contributed by atoms with E-state index in [1.54, 1.807) is 15.8 Å². The number of piperidine rings is 1. The Morgan fingerprint density at radius 3 is 2.67 bits per heavy atom. The molecule has 2 N–H and O–H groups in total. The average Bonchev–Trinajstić information content (AvgIpc) is 3.29. The number of anilines is 1. The van der Waals surface area contributed by atoms with Gasteiger partial charge in [-0.2, -0.15) is 5.10 Å². The number of carbonyl (C=O) groups is 1. The maximum atomic E-state index is 12.3. The molecular formula is C21H27ClN6O2. The summed E-state index contributed by atoms with van der Waals surface area (Å²) in [5.74, 6) is 0. The lowest BCUT2D eigenvalue weighted by Crippen LogP contribution is -2.44. The highest BCUT2D eigenvalue weighted by Crippen LogP contribution is 2.34. The van der Waals surface area contributed by atoms with E-state index in [4.69, 9.17) is 16.3 Å². The molecule has 0 bridgehead atoms. The van der Waals surface area contributed by atoms with Crippen LogP contribution >= 0.6 is 11.6 Å². The lowest BCUT2D eigenvalue weighted by Gasteiger charge is -2.34. The van der Waals surface area contributed by atoms with Crippen LogP contribution in [0.5, 0.6) is 0 Å². The summed E-state index contributed by atoms with van der Waals surface area (Å²) in [6, 6.07) is 2.26. The number of aromatic nitrogens is 4. The fourth-order valence-corrected chi connectivity index (χ4v) is 3.86. The van der Waals surface area contributed by atoms with Gasteiger partial charge in [-0.1, -0.05) is 11.6 Å². The lowest BCUT2D eigenvalue weighted by atomic mass is 10.0. The predicted octanol–water partition coefficient (Wildman–Crippen LogP) is 4.43. The molecule has 160 valence electrons. The Kier molecular flexibility index (Phi) is 5.36. The van der Waals surface area contributed by atoms with Crippen LogP contribution in [0.25, 0.3) is 22.3 Å². The second-order valence-corrected chi connectivity index (χ2v) is 9.12. The number of nitrogens with zero attached hydrogens (tertiary/aromatic N) is 4. The summed E-state index contributed by atoms with van der Waals surface area (Å²) in [6.07, 6.45) is 6.80. The van der Waals surface area contributed by atoms with Gasteiger partial charge in [-0.25, -0.2) is 9.78 Å². The number of likely N-dealkylation sites (tertiary alicyclic amines) is 1. The number of halogens is 1. The van der Waals surface area contributed by atoms with E-state index in [9.17, 15) is 4.79 Å². The molecule has 3 aromatic heterocycles. The number of H-pyrrole nitrogens is 1. The van der Waals surface area contributed by atoms with Gasteiger partial charge in [0, 0.05) is 43.3 Å². The highest BCUT2D eigenvalue weighted by atomic mass is 35.5. The van der Waals surface area contributed by atoms with E-state index < -0.39 is 5.60 Å². The van der Waals surface area contributed by atoms with Gasteiger partial charge in [0.05, 0.1) is 28.8 Å². The average molecular weight is 431 g/mol. The Bertz CT molecular complexity index is 1060. The van der Waals surface area contributed by atoms with Gasteiger partial charge in [0.15, 0.2) is 0 Å². The minimum absolute atomic E-state index is 0.212. The number of aromatic amines is 1. The van der Waals surface area contributed by atoms with Gasteiger partial charge >= 0.3 is 6.09 Å². The van der Waals surface area contributed by atoms with Crippen LogP contribution < -0.4 is 5.32 Å². The van der Waals surface area contributed by atoms with Crippen LogP contribution in [-0.2, 0) is 11.8 Å². The summed E-state index contributed by atoms with van der Waals surface area (Å²) in [4.78, 5) is 21.8. The van der Waals surface area contributed by atoms with Crippen LogP contribution in [0.1, 0.15) is 33.6 Å². The molecule has 0 spiro atoms. The van der Waals surface area contributed by atoms with Crippen molar-refractivity contribution in [3.63, 3.8) is 0 Å². The standard InChI is InChI=1S/C21H27ClN6O2/c1-21(2,3)30-20(29)28-7-5-14(6-8-28)25-18-15-9-17(13-10-24-27(4)12-13)26-19(15)23-11-16(18)22/h9-12,14H,5-8H2,1-4H3,(H2,23,25,26). The third-order valence-electron chi connectivity index (χ3n) is 5.12. The molecule has 8 nitrogen and oxygen atoms in total. The first kappa shape index (κ1) is 20.5. The quantitative estimate of drug-likeness (QED) is 0.641. The van der Waals surface area contributed by atoms with Gasteiger partial charge in [-0.05, 0) is 39.7 Å². The molecule has 4 heterocycles. The largest absolute Gasteiger partial charge is 0.444 e. The molecule has 1 saturated heterocycles. The Balaban J connectivity index is 1.48. The van der Waals surface area contributed by atoms with E-state index in [0.717, 1.165) is 40.8 Å². The van der Waals surface area contributed by atoms with E-state index in [1.807, 2.05) is 46.3 Å². The van der Waals surface area contributed by atoms with E-state index in [0.29, 0.717) is 18.1 Å². The van der Waals surface area contributed by atoms with Crippen LogP contribution in [0.15, 0.2) is 24.7 Å². The van der Waals surface area contributed by atoms with E-state index in [-0.39, 0.29) is 12.1 Å². The molecule has 0 unspecified atom stereocenters. The summed E-state index contributed by atoms with van der Waals surface area (Å²) >= 11 is 6.49. The molecule has 30 heavy (non-hydrogen) atoms. The minimum atomic E-state index is -0.484. The zero-order valence-electron chi connectivity index (χ0n) is 17.7. The van der Waals surface area contributed by atoms with Crippen LogP contribution in [0.2, 0.25) is 5.02 Å². The maximum absolute atomic E-state index is 12.3. The van der Waals surface area contributed by atoms with Crippen molar-refractivity contribution in [3.8, 4) is 11.3 Å². The van der Waals surface area contributed by atoms with Crippen molar-refractivity contribution in [1.29, 1.82) is 0 Å². The number of hydrogen-bond acceptors (Lipinski definition) is 5. The van der Waals surface area contributed by atoms with Crippen molar-refractivity contribution < 1.29 is 9.53 Å². The van der Waals surface area contributed by atoms with Gasteiger partial charge in [-0.3, -0.25) is 4.68 Å². The number of nitrogens with one attached hydrogen (secondary N) is 2. The maximum Gasteiger partial charge on any atom is 0.410 e. The number of amides is 1. The number of rotatable bonds is 3. The summed E-state index contributed by atoms with van der Waals surface area (Å²) in [5, 5.41) is 9.33. The molecule has 0 aliphatic carbocycles. The molecule has 0 aromatic carbocycles. The van der Waals surface area contributed by atoms with Gasteiger partial charge in [-0.15, -0.1) is 0 Å². The molecular weight excluding hydrogens is 404 g/mol. The van der Waals surface area contributed by atoms with Crippen LogP contribution in [0.4, 0.5) is 10.5 Å². The van der Waals surface area contributed by atoms with E-state index in [2.05, 4.69) is 20.4 Å². The third kappa shape index (κ3) is 4.38. The van der Waals surface area contributed by atoms with Crippen molar-refractivity contribution in [1.82, 2.24) is 24.6 Å². The normalized spacial score (nSPS) is 15.6. The monoisotopic (exact) mass is 430 g/mol. The SMILES string of the molecule is Cn1cc(-c2cc3c(NC4CCN(C(=O)OC(C)(C)C)CC4)c(Cl)cnc3[nH]2)cn1. The van der Waals surface area contributed by atoms with E-state index >= 15 is 0 Å². The summed E-state index contributed by atoms with van der Waals surface area (Å²) in [5.41, 5.74) is 3.08. The van der Waals surface area contributed by atoms with E-state index in [1.165, 1.54) is 0 Å². The number of hydrogen-bond donors (Lipinski definition) is 2. The van der Waals surface area contributed by atoms with Crippen LogP contribution in [0, 0.1) is 0 Å². The lowest BCUT2D eigenvalue weighted by molar-refractivity contribution is 0.0210. The first-order valence-electron chi connectivity index (χ1n) is 10.1. The summed E-state index contributed by atoms with van der Waals surface area (Å²) in [7, 11) is 1.89. The molecule has 3 aromatic rings. The van der Waals surface area contributed by atoms with Crippen molar-refractivity contribution in [2.75, 3.05) is 18.4 Å². The molecule has 0 atom stereocenters. The summed E-state index contributed by atoms with van der Waals surface area (Å²) in [6.45, 7) is 6.94. The molecule has 1 aliphatic heterocycles. The summed E-state index contributed by atoms with van der Waals surface area (Å²) < 4.78 is 7.24. The van der Waals surface area contributed by atoms with Crippen LogP contribution in [-0.4, -0.2) is 55.5 Å². The third-order valence-corrected chi connectivity index (χ3v) is 5.41. The fraction of sp³-hybridized carbons (Fsp3) is 0.476. The Labute approximate surface area is 180 Å². The Hall–Kier alpha value is -2.74. The Morgan fingerprint density at radius 2 is 2.03 bits per heavy atom. The number of aryl methyl sites for hydroxylation is 1. The zero-order chi connectivity index (χ0) is 21.5. The van der Waals surface area contributed by atoms with Gasteiger partial charge in [0.1, 0.15) is 11.2 Å². The molecule has 1 amide bonds. The van der Waals surface area contributed by atoms with Crippen molar-refractivity contribution >= 4 is 34.4 Å². The fourth-order valence-electron chi connectivity index (χ4n) is 3.65. The number of pyridine rings is 1. The molecule has 4 rings (SSSR count). The highest BCUT2D eigenvalue weighted by molar-refractivity contribution is 6.34. The number of carbonyl (C=O) groups excluding carboxylic acids is 1. The molecule has 1 fully saturated rings. The molecule has 1 aliphatic rings. The Morgan fingerprint density at radius 1 is 1.30 bits per heavy atom. The minimum Gasteiger partial charge on any atom is -0.444 e. The molecule has 0 saturated carbocycles. The van der Waals surface area contributed by atoms with Crippen molar-refractivity contribution in [2.45, 2.75) is 45.3 Å². The number of ether oxygens (including phenoxy) is 1. The first-order chi connectivity index (χ1) is 14.2. The molecule has 9 heteroatoms. The zero-order valence-corrected chi connectivity index (χ0v) is 18.5. The predicted molar refractivity (Wildman–Crippen MR) is 118 cm³/mol. The van der Waals surface area contributed by atoms with Crippen LogP contribution in [0.3, 0.4) is 0 Å². The van der Waals surface area contributed by atoms with Crippen molar-refractivity contribution in [3.05, 3.63) is 29.7 Å². The highest BCUT2D eigenvalue weighted by Gasteiger charge is 2.27. The second kappa shape index (κ2) is 7.83. The molecule has 0 radical (unpaired) electrons. The second-order valence-electron chi connectivity index (χ2n) is 8.72.